The Labute approximate surface area is 166 Å². The van der Waals surface area contributed by atoms with E-state index >= 15 is 0 Å². The van der Waals surface area contributed by atoms with Gasteiger partial charge in [-0.15, -0.1) is 0 Å². The van der Waals surface area contributed by atoms with Gasteiger partial charge in [-0.2, -0.15) is 19.9 Å². The van der Waals surface area contributed by atoms with E-state index in [4.69, 9.17) is 21.9 Å². The van der Waals surface area contributed by atoms with E-state index in [9.17, 15) is 0 Å². The molecule has 4 aromatic heterocycles. The molecule has 0 fully saturated rings. The third-order valence-electron chi connectivity index (χ3n) is 4.68. The van der Waals surface area contributed by atoms with Crippen molar-refractivity contribution in [3.8, 4) is 5.88 Å². The first-order chi connectivity index (χ1) is 13.8. The van der Waals surface area contributed by atoms with Gasteiger partial charge in [0, 0.05) is 18.5 Å². The molecular weight excluding hydrogens is 374 g/mol. The van der Waals surface area contributed by atoms with Crippen LogP contribution in [0.4, 0.5) is 17.7 Å². The Morgan fingerprint density at radius 2 is 1.48 bits per heavy atom. The van der Waals surface area contributed by atoms with Crippen molar-refractivity contribution in [1.29, 1.82) is 0 Å². The predicted octanol–water partition coefficient (Wildman–Crippen LogP) is 1.32. The molecule has 4 heterocycles. The standard InChI is InChI=1S/C17H23N11O/c1-8(2)27-6-22-11-14(27)25-17(20)26-15(11)29-5-4-9(3)28-7-21-10-12(18)23-16(19)24-13(10)28/h6-9H,4-5H2,1-3H3,(H2,20,25,26)(H4,18,19,23,24). The van der Waals surface area contributed by atoms with Crippen molar-refractivity contribution in [2.45, 2.75) is 39.3 Å². The number of nitrogens with two attached hydrogens (primary N) is 3. The van der Waals surface area contributed by atoms with Gasteiger partial charge in [0.2, 0.25) is 17.8 Å². The highest BCUT2D eigenvalue weighted by Gasteiger charge is 2.17. The lowest BCUT2D eigenvalue weighted by molar-refractivity contribution is 0.278. The second kappa shape index (κ2) is 7.04. The predicted molar refractivity (Wildman–Crippen MR) is 109 cm³/mol. The number of nitrogens with zero attached hydrogens (tertiary/aromatic N) is 8. The topological polar surface area (TPSA) is 174 Å². The Bertz CT molecular complexity index is 1180. The maximum absolute atomic E-state index is 5.90. The molecular formula is C17H23N11O. The summed E-state index contributed by atoms with van der Waals surface area (Å²) < 4.78 is 9.72. The van der Waals surface area contributed by atoms with Crippen LogP contribution in [0.15, 0.2) is 12.7 Å². The molecule has 152 valence electrons. The monoisotopic (exact) mass is 397 g/mol. The molecule has 1 unspecified atom stereocenters. The SMILES string of the molecule is CC(C)n1cnc2c(OCCC(C)n3cnc4c(N)nc(N)nc43)nc(N)nc21. The van der Waals surface area contributed by atoms with Crippen LogP contribution >= 0.6 is 0 Å². The van der Waals surface area contributed by atoms with E-state index in [2.05, 4.69) is 29.9 Å². The molecule has 0 aromatic carbocycles. The van der Waals surface area contributed by atoms with Gasteiger partial charge >= 0.3 is 0 Å². The lowest BCUT2D eigenvalue weighted by Gasteiger charge is -2.14. The Morgan fingerprint density at radius 1 is 0.862 bits per heavy atom. The Morgan fingerprint density at radius 3 is 2.21 bits per heavy atom. The van der Waals surface area contributed by atoms with Crippen LogP contribution in [0.5, 0.6) is 5.88 Å². The maximum atomic E-state index is 5.90. The highest BCUT2D eigenvalue weighted by Crippen LogP contribution is 2.26. The lowest BCUT2D eigenvalue weighted by atomic mass is 10.2. The van der Waals surface area contributed by atoms with Crippen molar-refractivity contribution in [1.82, 2.24) is 39.0 Å². The van der Waals surface area contributed by atoms with Gasteiger partial charge in [0.1, 0.15) is 5.52 Å². The van der Waals surface area contributed by atoms with E-state index in [1.165, 1.54) is 0 Å². The molecule has 12 nitrogen and oxygen atoms in total. The minimum absolute atomic E-state index is 0.0246. The molecule has 12 heteroatoms. The first kappa shape index (κ1) is 18.7. The smallest absolute Gasteiger partial charge is 0.247 e. The molecule has 1 atom stereocenters. The van der Waals surface area contributed by atoms with E-state index in [1.54, 1.807) is 12.7 Å². The molecule has 0 amide bonds. The number of imidazole rings is 2. The van der Waals surface area contributed by atoms with Crippen molar-refractivity contribution in [3.05, 3.63) is 12.7 Å². The summed E-state index contributed by atoms with van der Waals surface area (Å²) in [7, 11) is 0. The summed E-state index contributed by atoms with van der Waals surface area (Å²) in [6, 6.07) is 0.218. The number of hydrogen-bond acceptors (Lipinski definition) is 10. The normalized spacial score (nSPS) is 12.8. The largest absolute Gasteiger partial charge is 0.476 e. The van der Waals surface area contributed by atoms with Crippen molar-refractivity contribution in [2.24, 2.45) is 0 Å². The summed E-state index contributed by atoms with van der Waals surface area (Å²) in [4.78, 5) is 25.4. The van der Waals surface area contributed by atoms with E-state index < -0.39 is 0 Å². The van der Waals surface area contributed by atoms with Crippen LogP contribution in [0.25, 0.3) is 22.3 Å². The molecule has 0 aliphatic rings. The first-order valence-electron chi connectivity index (χ1n) is 9.23. The van der Waals surface area contributed by atoms with Crippen molar-refractivity contribution in [2.75, 3.05) is 23.8 Å². The quantitative estimate of drug-likeness (QED) is 0.430. The van der Waals surface area contributed by atoms with Gasteiger partial charge in [0.25, 0.3) is 0 Å². The van der Waals surface area contributed by atoms with Crippen LogP contribution in [-0.2, 0) is 0 Å². The van der Waals surface area contributed by atoms with Crippen LogP contribution < -0.4 is 21.9 Å². The molecule has 6 N–H and O–H groups in total. The second-order valence-electron chi connectivity index (χ2n) is 7.08. The minimum Gasteiger partial charge on any atom is -0.476 e. The zero-order chi connectivity index (χ0) is 20.7. The van der Waals surface area contributed by atoms with Gasteiger partial charge in [-0.3, -0.25) is 0 Å². The summed E-state index contributed by atoms with van der Waals surface area (Å²) in [6.45, 7) is 6.49. The maximum Gasteiger partial charge on any atom is 0.247 e. The molecule has 4 rings (SSSR count). The molecule has 0 saturated carbocycles. The average Bonchev–Trinajstić information content (AvgIpc) is 3.25. The molecule has 29 heavy (non-hydrogen) atoms. The number of aromatic nitrogens is 8. The molecule has 0 bridgehead atoms. The fourth-order valence-electron chi connectivity index (χ4n) is 3.13. The lowest BCUT2D eigenvalue weighted by Crippen LogP contribution is -2.12. The van der Waals surface area contributed by atoms with Gasteiger partial charge in [-0.05, 0) is 20.8 Å². The number of rotatable bonds is 6. The zero-order valence-electron chi connectivity index (χ0n) is 16.4. The highest BCUT2D eigenvalue weighted by atomic mass is 16.5. The van der Waals surface area contributed by atoms with E-state index in [-0.39, 0.29) is 29.8 Å². The number of hydrogen-bond donors (Lipinski definition) is 3. The van der Waals surface area contributed by atoms with E-state index in [0.29, 0.717) is 41.2 Å². The van der Waals surface area contributed by atoms with Crippen LogP contribution in [-0.4, -0.2) is 45.6 Å². The number of anilines is 3. The molecule has 0 spiro atoms. The van der Waals surface area contributed by atoms with Crippen molar-refractivity contribution >= 4 is 40.0 Å². The Balaban J connectivity index is 1.52. The number of fused-ring (bicyclic) bond motifs is 2. The zero-order valence-corrected chi connectivity index (χ0v) is 16.4. The van der Waals surface area contributed by atoms with E-state index in [1.807, 2.05) is 29.9 Å². The van der Waals surface area contributed by atoms with Crippen molar-refractivity contribution in [3.63, 3.8) is 0 Å². The second-order valence-corrected chi connectivity index (χ2v) is 7.08. The van der Waals surface area contributed by atoms with Crippen LogP contribution in [0.2, 0.25) is 0 Å². The first-order valence-corrected chi connectivity index (χ1v) is 9.23. The van der Waals surface area contributed by atoms with Crippen LogP contribution in [0.1, 0.15) is 39.3 Å². The van der Waals surface area contributed by atoms with Gasteiger partial charge in [-0.1, -0.05) is 0 Å². The van der Waals surface area contributed by atoms with Gasteiger partial charge < -0.3 is 31.1 Å². The van der Waals surface area contributed by atoms with Gasteiger partial charge in [0.15, 0.2) is 22.6 Å². The average molecular weight is 397 g/mol. The summed E-state index contributed by atoms with van der Waals surface area (Å²) in [6.07, 6.45) is 4.04. The summed E-state index contributed by atoms with van der Waals surface area (Å²) >= 11 is 0. The van der Waals surface area contributed by atoms with Crippen molar-refractivity contribution < 1.29 is 4.74 Å². The number of ether oxygens (including phenoxy) is 1. The van der Waals surface area contributed by atoms with Crippen LogP contribution in [0.3, 0.4) is 0 Å². The summed E-state index contributed by atoms with van der Waals surface area (Å²) in [5.41, 5.74) is 19.8. The van der Waals surface area contributed by atoms with E-state index in [0.717, 1.165) is 0 Å². The molecule has 0 aliphatic carbocycles. The third-order valence-corrected chi connectivity index (χ3v) is 4.68. The molecule has 0 radical (unpaired) electrons. The van der Waals surface area contributed by atoms with Crippen LogP contribution in [0, 0.1) is 0 Å². The van der Waals surface area contributed by atoms with Gasteiger partial charge in [-0.25, -0.2) is 9.97 Å². The summed E-state index contributed by atoms with van der Waals surface area (Å²) in [5, 5.41) is 0. The number of nitrogen functional groups attached to an aromatic ring is 3. The van der Waals surface area contributed by atoms with Gasteiger partial charge in [0.05, 0.1) is 19.3 Å². The fourth-order valence-corrected chi connectivity index (χ4v) is 3.13. The molecule has 0 saturated heterocycles. The molecule has 4 aromatic rings. The Kier molecular flexibility index (Phi) is 4.53. The Hall–Kier alpha value is -3.70. The highest BCUT2D eigenvalue weighted by molar-refractivity contribution is 5.82. The third kappa shape index (κ3) is 3.32. The fraction of sp³-hybridized carbons (Fsp3) is 0.412. The summed E-state index contributed by atoms with van der Waals surface area (Å²) in [5.74, 6) is 0.880. The molecule has 0 aliphatic heterocycles. The minimum atomic E-state index is 0.0246.